The summed E-state index contributed by atoms with van der Waals surface area (Å²) < 4.78 is 23.8. The van der Waals surface area contributed by atoms with E-state index in [1.165, 1.54) is 30.5 Å². The highest BCUT2D eigenvalue weighted by Crippen LogP contribution is 2.33. The molecule has 1 fully saturated rings. The van der Waals surface area contributed by atoms with Gasteiger partial charge in [0.1, 0.15) is 17.3 Å². The molecule has 1 atom stereocenters. The van der Waals surface area contributed by atoms with Crippen molar-refractivity contribution < 1.29 is 18.7 Å². The van der Waals surface area contributed by atoms with Gasteiger partial charge in [-0.05, 0) is 60.9 Å². The van der Waals surface area contributed by atoms with E-state index in [2.05, 4.69) is 10.3 Å². The van der Waals surface area contributed by atoms with E-state index < -0.39 is 0 Å². The number of halogens is 1. The molecule has 0 bridgehead atoms. The molecular formula is C23H22FN3O3. The molecule has 2 heterocycles. The van der Waals surface area contributed by atoms with Crippen molar-refractivity contribution in [1.29, 1.82) is 0 Å². The molecule has 30 heavy (non-hydrogen) atoms. The Morgan fingerprint density at radius 1 is 1.07 bits per heavy atom. The van der Waals surface area contributed by atoms with E-state index in [1.54, 1.807) is 19.2 Å². The second kappa shape index (κ2) is 8.82. The molecule has 0 spiro atoms. The number of likely N-dealkylation sites (tertiary alicyclic amines) is 1. The SMILES string of the molecule is COc1ccc(C2CCCN2C(=O)Nc2ccc(Oc3ccc(F)cc3)nc2)cc1. The first-order valence-electron chi connectivity index (χ1n) is 9.73. The fraction of sp³-hybridized carbons (Fsp3) is 0.217. The molecule has 2 aromatic carbocycles. The van der Waals surface area contributed by atoms with Crippen molar-refractivity contribution in [2.24, 2.45) is 0 Å². The third-order valence-electron chi connectivity index (χ3n) is 5.04. The number of urea groups is 1. The van der Waals surface area contributed by atoms with Crippen LogP contribution in [0.4, 0.5) is 14.9 Å². The maximum absolute atomic E-state index is 13.0. The number of methoxy groups -OCH3 is 1. The number of ether oxygens (including phenoxy) is 2. The highest BCUT2D eigenvalue weighted by Gasteiger charge is 2.30. The van der Waals surface area contributed by atoms with E-state index in [0.717, 1.165) is 24.2 Å². The lowest BCUT2D eigenvalue weighted by molar-refractivity contribution is 0.207. The molecule has 4 rings (SSSR count). The zero-order chi connectivity index (χ0) is 20.9. The second-order valence-electron chi connectivity index (χ2n) is 7.00. The lowest BCUT2D eigenvalue weighted by Gasteiger charge is -2.25. The van der Waals surface area contributed by atoms with Crippen molar-refractivity contribution in [3.8, 4) is 17.4 Å². The molecule has 0 aliphatic carbocycles. The summed E-state index contributed by atoms with van der Waals surface area (Å²) in [5.41, 5.74) is 1.66. The Bertz CT molecular complexity index is 992. The number of rotatable bonds is 5. The highest BCUT2D eigenvalue weighted by atomic mass is 19.1. The summed E-state index contributed by atoms with van der Waals surface area (Å²) in [6.45, 7) is 0.696. The highest BCUT2D eigenvalue weighted by molar-refractivity contribution is 5.89. The Hall–Kier alpha value is -3.61. The monoisotopic (exact) mass is 407 g/mol. The number of pyridine rings is 1. The van der Waals surface area contributed by atoms with Crippen molar-refractivity contribution >= 4 is 11.7 Å². The minimum absolute atomic E-state index is 0.0324. The summed E-state index contributed by atoms with van der Waals surface area (Å²) in [6.07, 6.45) is 3.41. The smallest absolute Gasteiger partial charge is 0.322 e. The molecule has 0 radical (unpaired) electrons. The first-order chi connectivity index (χ1) is 14.6. The summed E-state index contributed by atoms with van der Waals surface area (Å²) in [5, 5.41) is 2.90. The Morgan fingerprint density at radius 2 is 1.80 bits per heavy atom. The van der Waals surface area contributed by atoms with Gasteiger partial charge in [0.25, 0.3) is 0 Å². The molecule has 6 nitrogen and oxygen atoms in total. The van der Waals surface area contributed by atoms with Gasteiger partial charge >= 0.3 is 6.03 Å². The van der Waals surface area contributed by atoms with Gasteiger partial charge in [-0.15, -0.1) is 0 Å². The molecule has 1 saturated heterocycles. The van der Waals surface area contributed by atoms with Crippen LogP contribution in [0.15, 0.2) is 66.9 Å². The number of hydrogen-bond acceptors (Lipinski definition) is 4. The summed E-state index contributed by atoms with van der Waals surface area (Å²) in [7, 11) is 1.63. The van der Waals surface area contributed by atoms with Crippen LogP contribution in [0.3, 0.4) is 0 Å². The van der Waals surface area contributed by atoms with Gasteiger partial charge in [-0.3, -0.25) is 0 Å². The van der Waals surface area contributed by atoms with Crippen LogP contribution in [0.1, 0.15) is 24.4 Å². The quantitative estimate of drug-likeness (QED) is 0.616. The van der Waals surface area contributed by atoms with Crippen LogP contribution in [0.2, 0.25) is 0 Å². The molecule has 1 aliphatic heterocycles. The predicted octanol–water partition coefficient (Wildman–Crippen LogP) is 5.39. The van der Waals surface area contributed by atoms with Crippen LogP contribution in [-0.4, -0.2) is 29.6 Å². The van der Waals surface area contributed by atoms with E-state index in [1.807, 2.05) is 29.2 Å². The van der Waals surface area contributed by atoms with Gasteiger partial charge < -0.3 is 19.7 Å². The molecule has 1 aromatic heterocycles. The number of amides is 2. The van der Waals surface area contributed by atoms with Crippen molar-refractivity contribution in [3.05, 3.63) is 78.2 Å². The number of nitrogens with one attached hydrogen (secondary N) is 1. The van der Waals surface area contributed by atoms with Gasteiger partial charge in [0.2, 0.25) is 5.88 Å². The van der Waals surface area contributed by atoms with Crippen LogP contribution in [0.5, 0.6) is 17.4 Å². The summed E-state index contributed by atoms with van der Waals surface area (Å²) >= 11 is 0. The minimum atomic E-state index is -0.330. The molecule has 154 valence electrons. The van der Waals surface area contributed by atoms with Gasteiger partial charge in [0.15, 0.2) is 0 Å². The Kier molecular flexibility index (Phi) is 5.79. The van der Waals surface area contributed by atoms with E-state index in [-0.39, 0.29) is 17.9 Å². The number of anilines is 1. The van der Waals surface area contributed by atoms with Gasteiger partial charge in [0.05, 0.1) is 25.0 Å². The molecule has 2 amide bonds. The standard InChI is InChI=1S/C23H22FN3O3/c1-29-19-9-4-16(5-10-19)21-3-2-14-27(21)23(28)26-18-8-13-22(25-15-18)30-20-11-6-17(24)7-12-20/h4-13,15,21H,2-3,14H2,1H3,(H,26,28). The number of aromatic nitrogens is 1. The Morgan fingerprint density at radius 3 is 2.47 bits per heavy atom. The molecule has 3 aromatic rings. The number of benzene rings is 2. The fourth-order valence-corrected chi connectivity index (χ4v) is 3.52. The maximum Gasteiger partial charge on any atom is 0.322 e. The van der Waals surface area contributed by atoms with Gasteiger partial charge in [-0.2, -0.15) is 0 Å². The topological polar surface area (TPSA) is 63.7 Å². The lowest BCUT2D eigenvalue weighted by Crippen LogP contribution is -2.34. The van der Waals surface area contributed by atoms with Gasteiger partial charge in [-0.25, -0.2) is 14.2 Å². The van der Waals surface area contributed by atoms with Crippen molar-refractivity contribution in [2.45, 2.75) is 18.9 Å². The normalized spacial score (nSPS) is 15.7. The third-order valence-corrected chi connectivity index (χ3v) is 5.04. The van der Waals surface area contributed by atoms with Crippen LogP contribution < -0.4 is 14.8 Å². The van der Waals surface area contributed by atoms with E-state index in [0.29, 0.717) is 23.9 Å². The first kappa shape index (κ1) is 19.7. The zero-order valence-electron chi connectivity index (χ0n) is 16.5. The Balaban J connectivity index is 1.39. The fourth-order valence-electron chi connectivity index (χ4n) is 3.52. The first-order valence-corrected chi connectivity index (χ1v) is 9.73. The van der Waals surface area contributed by atoms with Crippen molar-refractivity contribution in [2.75, 3.05) is 19.0 Å². The van der Waals surface area contributed by atoms with Crippen LogP contribution in [-0.2, 0) is 0 Å². The van der Waals surface area contributed by atoms with Gasteiger partial charge in [-0.1, -0.05) is 12.1 Å². The predicted molar refractivity (Wildman–Crippen MR) is 111 cm³/mol. The Labute approximate surface area is 174 Å². The van der Waals surface area contributed by atoms with Crippen LogP contribution in [0, 0.1) is 5.82 Å². The minimum Gasteiger partial charge on any atom is -0.497 e. The summed E-state index contributed by atoms with van der Waals surface area (Å²) in [4.78, 5) is 18.9. The third kappa shape index (κ3) is 4.51. The van der Waals surface area contributed by atoms with Crippen LogP contribution >= 0.6 is 0 Å². The van der Waals surface area contributed by atoms with E-state index in [9.17, 15) is 9.18 Å². The average molecular weight is 407 g/mol. The molecule has 7 heteroatoms. The maximum atomic E-state index is 13.0. The van der Waals surface area contributed by atoms with E-state index in [4.69, 9.17) is 9.47 Å². The van der Waals surface area contributed by atoms with Crippen LogP contribution in [0.25, 0.3) is 0 Å². The summed E-state index contributed by atoms with van der Waals surface area (Å²) in [5.74, 6) is 1.31. The average Bonchev–Trinajstić information content (AvgIpc) is 3.27. The lowest BCUT2D eigenvalue weighted by atomic mass is 10.0. The molecule has 1 unspecified atom stereocenters. The largest absolute Gasteiger partial charge is 0.497 e. The number of nitrogens with zero attached hydrogens (tertiary/aromatic N) is 2. The second-order valence-corrected chi connectivity index (χ2v) is 7.00. The zero-order valence-corrected chi connectivity index (χ0v) is 16.5. The van der Waals surface area contributed by atoms with E-state index >= 15 is 0 Å². The number of carbonyl (C=O) groups is 1. The molecule has 1 N–H and O–H groups in total. The van der Waals surface area contributed by atoms with Crippen molar-refractivity contribution in [3.63, 3.8) is 0 Å². The van der Waals surface area contributed by atoms with Crippen molar-refractivity contribution in [1.82, 2.24) is 9.88 Å². The van der Waals surface area contributed by atoms with Gasteiger partial charge in [0, 0.05) is 12.6 Å². The summed E-state index contributed by atoms with van der Waals surface area (Å²) in [6, 6.07) is 16.8. The molecular weight excluding hydrogens is 385 g/mol. The number of carbonyl (C=O) groups excluding carboxylic acids is 1. The molecule has 0 saturated carbocycles. The number of hydrogen-bond donors (Lipinski definition) is 1. The molecule has 1 aliphatic rings.